The molecule has 3 heteroatoms. The van der Waals surface area contributed by atoms with Crippen LogP contribution in [0.5, 0.6) is 0 Å². The number of likely N-dealkylation sites (N-methyl/N-ethyl adjacent to an activating group) is 1. The summed E-state index contributed by atoms with van der Waals surface area (Å²) in [4.78, 5) is 3.76. The number of hydrogen-bond donors (Lipinski definition) is 0. The van der Waals surface area contributed by atoms with Crippen molar-refractivity contribution >= 4 is 5.90 Å². The maximum atomic E-state index is 10.4. The van der Waals surface area contributed by atoms with Crippen LogP contribution < -0.4 is 5.11 Å². The molecule has 0 saturated heterocycles. The van der Waals surface area contributed by atoms with Crippen molar-refractivity contribution in [3.63, 3.8) is 0 Å². The number of aliphatic imine (C=N–C) groups is 1. The van der Waals surface area contributed by atoms with Crippen LogP contribution in [0.3, 0.4) is 0 Å². The average Bonchev–Trinajstić information content (AvgIpc) is 1.59. The van der Waals surface area contributed by atoms with Gasteiger partial charge in [0.1, 0.15) is 0 Å². The van der Waals surface area contributed by atoms with Gasteiger partial charge >= 0.3 is 0 Å². The first-order chi connectivity index (χ1) is 4.42. The molecule has 0 aromatic rings. The molecule has 0 aromatic heterocycles. The van der Waals surface area contributed by atoms with Gasteiger partial charge in [-0.3, -0.25) is 4.99 Å². The average molecular weight is 144 g/mol. The topological polar surface area (TPSA) is 35.4 Å². The van der Waals surface area contributed by atoms with Gasteiger partial charge in [0.25, 0.3) is 0 Å². The normalized spacial score (nSPS) is 13.8. The van der Waals surface area contributed by atoms with E-state index in [1.165, 1.54) is 6.92 Å². The van der Waals surface area contributed by atoms with Crippen LogP contribution >= 0.6 is 0 Å². The first kappa shape index (κ1) is 9.43. The predicted octanol–water partition coefficient (Wildman–Crippen LogP) is -0.529. The summed E-state index contributed by atoms with van der Waals surface area (Å²) in [7, 11) is 6.24. The second-order valence-corrected chi connectivity index (χ2v) is 3.41. The molecule has 0 amide bonds. The third-order valence-electron chi connectivity index (χ3n) is 1.11. The van der Waals surface area contributed by atoms with Crippen molar-refractivity contribution in [2.24, 2.45) is 4.99 Å². The minimum absolute atomic E-state index is 0.0755. The van der Waals surface area contributed by atoms with Crippen molar-refractivity contribution in [2.45, 2.75) is 6.92 Å². The summed E-state index contributed by atoms with van der Waals surface area (Å²) in [5.74, 6) is -0.0755. The van der Waals surface area contributed by atoms with E-state index in [0.717, 1.165) is 11.0 Å². The Hall–Kier alpha value is -0.570. The van der Waals surface area contributed by atoms with Gasteiger partial charge in [-0.2, -0.15) is 0 Å². The standard InChI is InChI=1S/C7H16N2O/c1-7(10)8-5-6-9(2,3)4/h5-6H2,1-4H3. The number of quaternary nitrogens is 1. The molecule has 0 atom stereocenters. The summed E-state index contributed by atoms with van der Waals surface area (Å²) in [6.07, 6.45) is 0. The second-order valence-electron chi connectivity index (χ2n) is 3.41. The second kappa shape index (κ2) is 3.56. The number of rotatable bonds is 3. The molecule has 0 unspecified atom stereocenters. The summed E-state index contributed by atoms with van der Waals surface area (Å²) >= 11 is 0. The Labute approximate surface area is 62.6 Å². The molecule has 0 saturated carbocycles. The molecule has 0 aromatic carbocycles. The summed E-state index contributed by atoms with van der Waals surface area (Å²) in [6.45, 7) is 3.04. The smallest absolute Gasteiger partial charge is 0.0978 e. The zero-order valence-corrected chi connectivity index (χ0v) is 7.22. The first-order valence-corrected chi connectivity index (χ1v) is 3.40. The highest BCUT2D eigenvalue weighted by atomic mass is 16.3. The third kappa shape index (κ3) is 7.43. The molecule has 10 heavy (non-hydrogen) atoms. The first-order valence-electron chi connectivity index (χ1n) is 3.40. The zero-order valence-electron chi connectivity index (χ0n) is 7.22. The molecule has 60 valence electrons. The molecule has 0 bridgehead atoms. The van der Waals surface area contributed by atoms with Crippen LogP contribution in [0.1, 0.15) is 6.92 Å². The van der Waals surface area contributed by atoms with Gasteiger partial charge in [-0.1, -0.05) is 0 Å². The van der Waals surface area contributed by atoms with E-state index in [1.807, 2.05) is 0 Å². The van der Waals surface area contributed by atoms with Crippen LogP contribution in [0, 0.1) is 0 Å². The van der Waals surface area contributed by atoms with Gasteiger partial charge in [-0.25, -0.2) is 0 Å². The lowest BCUT2D eigenvalue weighted by Gasteiger charge is -2.22. The monoisotopic (exact) mass is 144 g/mol. The quantitative estimate of drug-likeness (QED) is 0.298. The zero-order chi connectivity index (χ0) is 8.20. The Balaban J connectivity index is 3.47. The Kier molecular flexibility index (Phi) is 3.36. The molecule has 0 N–H and O–H groups in total. The highest BCUT2D eigenvalue weighted by molar-refractivity contribution is 5.67. The highest BCUT2D eigenvalue weighted by Crippen LogP contribution is 1.88. The molecule has 0 aliphatic heterocycles. The maximum Gasteiger partial charge on any atom is 0.0978 e. The summed E-state index contributed by atoms with van der Waals surface area (Å²) in [5.41, 5.74) is 0. The third-order valence-corrected chi connectivity index (χ3v) is 1.11. The Bertz CT molecular complexity index is 120. The van der Waals surface area contributed by atoms with Gasteiger partial charge in [0.15, 0.2) is 0 Å². The van der Waals surface area contributed by atoms with E-state index < -0.39 is 0 Å². The van der Waals surface area contributed by atoms with Crippen LogP contribution in [0.15, 0.2) is 4.99 Å². The Morgan fingerprint density at radius 3 is 2.20 bits per heavy atom. The van der Waals surface area contributed by atoms with E-state index in [-0.39, 0.29) is 5.90 Å². The number of hydrogen-bond acceptors (Lipinski definition) is 2. The number of nitrogens with zero attached hydrogens (tertiary/aromatic N) is 2. The van der Waals surface area contributed by atoms with E-state index in [0.29, 0.717) is 6.54 Å². The minimum Gasteiger partial charge on any atom is -0.862 e. The highest BCUT2D eigenvalue weighted by Gasteiger charge is 2.03. The summed E-state index contributed by atoms with van der Waals surface area (Å²) in [6, 6.07) is 0. The van der Waals surface area contributed by atoms with Crippen LogP contribution in [0.25, 0.3) is 0 Å². The van der Waals surface area contributed by atoms with Crippen molar-refractivity contribution < 1.29 is 9.59 Å². The van der Waals surface area contributed by atoms with Gasteiger partial charge in [-0.15, -0.1) is 0 Å². The Morgan fingerprint density at radius 2 is 1.90 bits per heavy atom. The van der Waals surface area contributed by atoms with E-state index >= 15 is 0 Å². The fraction of sp³-hybridized carbons (Fsp3) is 0.857. The minimum atomic E-state index is -0.0755. The Morgan fingerprint density at radius 1 is 1.40 bits per heavy atom. The van der Waals surface area contributed by atoms with Gasteiger partial charge < -0.3 is 9.59 Å². The van der Waals surface area contributed by atoms with Gasteiger partial charge in [-0.05, 0) is 12.8 Å². The molecule has 3 nitrogen and oxygen atoms in total. The van der Waals surface area contributed by atoms with Crippen molar-refractivity contribution in [2.75, 3.05) is 34.2 Å². The van der Waals surface area contributed by atoms with Crippen LogP contribution in [-0.2, 0) is 0 Å². The van der Waals surface area contributed by atoms with E-state index in [1.54, 1.807) is 0 Å². The van der Waals surface area contributed by atoms with Gasteiger partial charge in [0, 0.05) is 0 Å². The lowest BCUT2D eigenvalue weighted by atomic mass is 10.5. The summed E-state index contributed by atoms with van der Waals surface area (Å²) < 4.78 is 0.858. The van der Waals surface area contributed by atoms with E-state index in [4.69, 9.17) is 0 Å². The van der Waals surface area contributed by atoms with Crippen LogP contribution in [0.4, 0.5) is 0 Å². The molecular weight excluding hydrogens is 128 g/mol. The summed E-state index contributed by atoms with van der Waals surface area (Å²) in [5, 5.41) is 10.4. The molecule has 0 aliphatic carbocycles. The van der Waals surface area contributed by atoms with E-state index in [2.05, 4.69) is 26.1 Å². The fourth-order valence-electron chi connectivity index (χ4n) is 0.507. The van der Waals surface area contributed by atoms with Crippen molar-refractivity contribution in [1.29, 1.82) is 0 Å². The molecule has 0 heterocycles. The fourth-order valence-corrected chi connectivity index (χ4v) is 0.507. The lowest BCUT2D eigenvalue weighted by Crippen LogP contribution is -2.37. The lowest BCUT2D eigenvalue weighted by molar-refractivity contribution is -0.868. The van der Waals surface area contributed by atoms with Crippen LogP contribution in [0.2, 0.25) is 0 Å². The molecule has 0 rings (SSSR count). The molecule has 0 fully saturated rings. The predicted molar refractivity (Wildman–Crippen MR) is 40.9 cm³/mol. The van der Waals surface area contributed by atoms with Crippen molar-refractivity contribution in [3.8, 4) is 0 Å². The molecule has 0 spiro atoms. The van der Waals surface area contributed by atoms with E-state index in [9.17, 15) is 5.11 Å². The molecule has 0 radical (unpaired) electrons. The van der Waals surface area contributed by atoms with Gasteiger partial charge in [0.2, 0.25) is 0 Å². The van der Waals surface area contributed by atoms with Crippen molar-refractivity contribution in [3.05, 3.63) is 0 Å². The van der Waals surface area contributed by atoms with Gasteiger partial charge in [0.05, 0.1) is 34.2 Å². The van der Waals surface area contributed by atoms with Crippen LogP contribution in [-0.4, -0.2) is 44.6 Å². The SMILES string of the molecule is CC([O-])=NCC[N+](C)(C)C. The maximum absolute atomic E-state index is 10.4. The molecular formula is C7H16N2O. The largest absolute Gasteiger partial charge is 0.862 e. The molecule has 0 aliphatic rings. The van der Waals surface area contributed by atoms with Crippen molar-refractivity contribution in [1.82, 2.24) is 0 Å².